The Morgan fingerprint density at radius 1 is 1.31 bits per heavy atom. The van der Waals surface area contributed by atoms with Gasteiger partial charge in [-0.25, -0.2) is 0 Å². The monoisotopic (exact) mass is 178 g/mol. The van der Waals surface area contributed by atoms with Crippen LogP contribution in [0, 0.1) is 6.92 Å². The molecular weight excluding hydrogens is 164 g/mol. The third-order valence-electron chi connectivity index (χ3n) is 3.50. The second-order valence-electron chi connectivity index (χ2n) is 4.13. The Morgan fingerprint density at radius 3 is 3.00 bits per heavy atom. The summed E-state index contributed by atoms with van der Waals surface area (Å²) >= 11 is 0. The van der Waals surface area contributed by atoms with Gasteiger partial charge in [0.25, 0.3) is 0 Å². The molecule has 2 atom stereocenters. The molecule has 1 saturated heterocycles. The van der Waals surface area contributed by atoms with Gasteiger partial charge in [-0.1, -0.05) is 0 Å². The zero-order chi connectivity index (χ0) is 9.00. The molecule has 3 heterocycles. The van der Waals surface area contributed by atoms with Crippen molar-refractivity contribution in [2.75, 3.05) is 7.05 Å². The van der Waals surface area contributed by atoms with Crippen molar-refractivity contribution in [1.29, 1.82) is 0 Å². The van der Waals surface area contributed by atoms with Crippen LogP contribution >= 0.6 is 0 Å². The SMILES string of the molecule is Cc1nnc2n1CC1CCC2N1C. The number of likely N-dealkylation sites (N-methyl/N-ethyl adjacent to an activating group) is 1. The maximum absolute atomic E-state index is 4.26. The molecule has 70 valence electrons. The van der Waals surface area contributed by atoms with Crippen molar-refractivity contribution in [1.82, 2.24) is 19.7 Å². The van der Waals surface area contributed by atoms with E-state index in [-0.39, 0.29) is 0 Å². The van der Waals surface area contributed by atoms with Gasteiger partial charge in [0.1, 0.15) is 11.6 Å². The number of nitrogens with zero attached hydrogens (tertiary/aromatic N) is 4. The highest BCUT2D eigenvalue weighted by Crippen LogP contribution is 2.38. The van der Waals surface area contributed by atoms with Crippen LogP contribution < -0.4 is 0 Å². The fourth-order valence-electron chi connectivity index (χ4n) is 2.62. The molecule has 4 heteroatoms. The maximum atomic E-state index is 4.26. The molecule has 1 aromatic rings. The van der Waals surface area contributed by atoms with Crippen LogP contribution in [0.3, 0.4) is 0 Å². The van der Waals surface area contributed by atoms with Crippen molar-refractivity contribution in [2.45, 2.75) is 38.4 Å². The number of fused-ring (bicyclic) bond motifs is 4. The largest absolute Gasteiger partial charge is 0.312 e. The fourth-order valence-corrected chi connectivity index (χ4v) is 2.62. The Labute approximate surface area is 77.6 Å². The van der Waals surface area contributed by atoms with E-state index in [1.165, 1.54) is 18.7 Å². The third kappa shape index (κ3) is 0.839. The Bertz CT molecular complexity index is 343. The summed E-state index contributed by atoms with van der Waals surface area (Å²) < 4.78 is 2.28. The minimum absolute atomic E-state index is 0.528. The molecule has 2 unspecified atom stereocenters. The summed E-state index contributed by atoms with van der Waals surface area (Å²) in [6.45, 7) is 3.13. The average Bonchev–Trinajstić information content (AvgIpc) is 2.59. The molecule has 13 heavy (non-hydrogen) atoms. The molecule has 1 fully saturated rings. The summed E-state index contributed by atoms with van der Waals surface area (Å²) in [5.41, 5.74) is 0. The number of hydrogen-bond acceptors (Lipinski definition) is 3. The van der Waals surface area contributed by atoms with E-state index in [4.69, 9.17) is 0 Å². The Morgan fingerprint density at radius 2 is 2.15 bits per heavy atom. The van der Waals surface area contributed by atoms with E-state index in [1.54, 1.807) is 0 Å². The van der Waals surface area contributed by atoms with Crippen molar-refractivity contribution in [2.24, 2.45) is 0 Å². The van der Waals surface area contributed by atoms with Crippen LogP contribution in [0.1, 0.15) is 30.5 Å². The normalized spacial score (nSPS) is 32.2. The van der Waals surface area contributed by atoms with Crippen LogP contribution in [-0.2, 0) is 6.54 Å². The topological polar surface area (TPSA) is 34.0 Å². The van der Waals surface area contributed by atoms with Gasteiger partial charge in [0.05, 0.1) is 6.04 Å². The van der Waals surface area contributed by atoms with Gasteiger partial charge in [-0.15, -0.1) is 10.2 Å². The summed E-state index contributed by atoms with van der Waals surface area (Å²) in [5, 5.41) is 8.39. The Balaban J connectivity index is 2.13. The lowest BCUT2D eigenvalue weighted by Crippen LogP contribution is -2.37. The first-order chi connectivity index (χ1) is 6.27. The fraction of sp³-hybridized carbons (Fsp3) is 0.778. The summed E-state index contributed by atoms with van der Waals surface area (Å²) in [6.07, 6.45) is 2.56. The third-order valence-corrected chi connectivity index (χ3v) is 3.50. The second kappa shape index (κ2) is 2.32. The molecule has 3 rings (SSSR count). The molecular formula is C9H14N4. The number of aromatic nitrogens is 3. The van der Waals surface area contributed by atoms with E-state index in [0.717, 1.165) is 12.4 Å². The highest BCUT2D eigenvalue weighted by Gasteiger charge is 2.39. The lowest BCUT2D eigenvalue weighted by Gasteiger charge is -2.31. The average molecular weight is 178 g/mol. The molecule has 2 aliphatic rings. The molecule has 4 nitrogen and oxygen atoms in total. The molecule has 0 radical (unpaired) electrons. The van der Waals surface area contributed by atoms with E-state index < -0.39 is 0 Å². The number of aryl methyl sites for hydroxylation is 1. The zero-order valence-electron chi connectivity index (χ0n) is 8.06. The van der Waals surface area contributed by atoms with E-state index in [9.17, 15) is 0 Å². The molecule has 2 bridgehead atoms. The van der Waals surface area contributed by atoms with E-state index in [1.807, 2.05) is 6.92 Å². The highest BCUT2D eigenvalue weighted by molar-refractivity contribution is 5.09. The van der Waals surface area contributed by atoms with Crippen molar-refractivity contribution in [3.05, 3.63) is 11.6 Å². The van der Waals surface area contributed by atoms with Crippen LogP contribution in [0.5, 0.6) is 0 Å². The van der Waals surface area contributed by atoms with Gasteiger partial charge in [-0.05, 0) is 26.8 Å². The van der Waals surface area contributed by atoms with E-state index in [0.29, 0.717) is 12.1 Å². The summed E-state index contributed by atoms with van der Waals surface area (Å²) in [6, 6.07) is 1.24. The molecule has 0 aromatic carbocycles. The predicted molar refractivity (Wildman–Crippen MR) is 48.3 cm³/mol. The first kappa shape index (κ1) is 7.50. The van der Waals surface area contributed by atoms with Crippen LogP contribution in [0.2, 0.25) is 0 Å². The van der Waals surface area contributed by atoms with Crippen molar-refractivity contribution >= 4 is 0 Å². The second-order valence-corrected chi connectivity index (χ2v) is 4.13. The van der Waals surface area contributed by atoms with Gasteiger partial charge in [0.2, 0.25) is 0 Å². The van der Waals surface area contributed by atoms with Crippen LogP contribution in [-0.4, -0.2) is 32.8 Å². The highest BCUT2D eigenvalue weighted by atomic mass is 15.4. The standard InChI is InChI=1S/C9H14N4/c1-6-10-11-9-8-4-3-7(12(8)2)5-13(6)9/h7-8H,3-5H2,1-2H3. The molecule has 0 N–H and O–H groups in total. The van der Waals surface area contributed by atoms with Crippen molar-refractivity contribution in [3.8, 4) is 0 Å². The number of hydrogen-bond donors (Lipinski definition) is 0. The lowest BCUT2D eigenvalue weighted by atomic mass is 10.2. The zero-order valence-corrected chi connectivity index (χ0v) is 8.06. The molecule has 0 spiro atoms. The molecule has 2 aliphatic heterocycles. The van der Waals surface area contributed by atoms with Gasteiger partial charge in [-0.3, -0.25) is 4.90 Å². The molecule has 0 amide bonds. The minimum atomic E-state index is 0.528. The Kier molecular flexibility index (Phi) is 1.34. The quantitative estimate of drug-likeness (QED) is 0.587. The van der Waals surface area contributed by atoms with Gasteiger partial charge in [-0.2, -0.15) is 0 Å². The summed E-state index contributed by atoms with van der Waals surface area (Å²) in [5.74, 6) is 2.24. The lowest BCUT2D eigenvalue weighted by molar-refractivity contribution is 0.181. The summed E-state index contributed by atoms with van der Waals surface area (Å²) in [7, 11) is 2.20. The van der Waals surface area contributed by atoms with Crippen LogP contribution in [0.4, 0.5) is 0 Å². The molecule has 0 saturated carbocycles. The van der Waals surface area contributed by atoms with Gasteiger partial charge < -0.3 is 4.57 Å². The maximum Gasteiger partial charge on any atom is 0.150 e. The van der Waals surface area contributed by atoms with E-state index >= 15 is 0 Å². The molecule has 1 aromatic heterocycles. The first-order valence-electron chi connectivity index (χ1n) is 4.89. The van der Waals surface area contributed by atoms with Crippen molar-refractivity contribution < 1.29 is 0 Å². The van der Waals surface area contributed by atoms with Crippen LogP contribution in [0.25, 0.3) is 0 Å². The van der Waals surface area contributed by atoms with Gasteiger partial charge in [0.15, 0.2) is 0 Å². The first-order valence-corrected chi connectivity index (χ1v) is 4.89. The smallest absolute Gasteiger partial charge is 0.150 e. The van der Waals surface area contributed by atoms with E-state index in [2.05, 4.69) is 26.7 Å². The van der Waals surface area contributed by atoms with Gasteiger partial charge in [0, 0.05) is 12.6 Å². The number of rotatable bonds is 0. The molecule has 0 aliphatic carbocycles. The minimum Gasteiger partial charge on any atom is -0.312 e. The van der Waals surface area contributed by atoms with Gasteiger partial charge >= 0.3 is 0 Å². The Hall–Kier alpha value is -0.900. The van der Waals surface area contributed by atoms with Crippen molar-refractivity contribution in [3.63, 3.8) is 0 Å². The predicted octanol–water partition coefficient (Wildman–Crippen LogP) is 0.735. The van der Waals surface area contributed by atoms with Crippen LogP contribution in [0.15, 0.2) is 0 Å². The summed E-state index contributed by atoms with van der Waals surface area (Å²) in [4.78, 5) is 2.45.